The molecular formula is C19H14Cl2LiOP. The summed E-state index contributed by atoms with van der Waals surface area (Å²) in [6, 6.07) is 23.2. The van der Waals surface area contributed by atoms with E-state index in [1.165, 1.54) is 0 Å². The molecule has 116 valence electrons. The zero-order valence-corrected chi connectivity index (χ0v) is 15.6. The smallest absolute Gasteiger partial charge is 1.00 e. The van der Waals surface area contributed by atoms with Crippen molar-refractivity contribution in [1.82, 2.24) is 0 Å². The van der Waals surface area contributed by atoms with Crippen molar-refractivity contribution < 1.29 is 25.1 Å². The minimum absolute atomic E-state index is 0. The summed E-state index contributed by atoms with van der Waals surface area (Å²) in [5, 5.41) is 1.76. The molecule has 1 nitrogen and oxygen atoms in total. The molecule has 1 atom stereocenters. The summed E-state index contributed by atoms with van der Waals surface area (Å²) in [5.74, 6) is 0. The number of hydrogen-bond donors (Lipinski definition) is 0. The molecule has 0 aliphatic carbocycles. The van der Waals surface area contributed by atoms with Gasteiger partial charge in [0.1, 0.15) is 0 Å². The van der Waals surface area contributed by atoms with E-state index in [-0.39, 0.29) is 34.4 Å². The maximum Gasteiger partial charge on any atom is 1.00 e. The Bertz CT molecular complexity index is 822. The van der Waals surface area contributed by atoms with Gasteiger partial charge < -0.3 is 1.43 Å². The predicted molar refractivity (Wildman–Crippen MR) is 102 cm³/mol. The van der Waals surface area contributed by atoms with Crippen LogP contribution in [0.1, 0.15) is 11.8 Å². The number of carbonyl (C=O) groups excluding carboxylic acids is 1. The largest absolute Gasteiger partial charge is 1.00 e. The van der Waals surface area contributed by atoms with Crippen LogP contribution < -0.4 is 24.2 Å². The van der Waals surface area contributed by atoms with E-state index >= 15 is 0 Å². The fraction of sp³-hybridized carbons (Fsp3) is 0. The van der Waals surface area contributed by atoms with Gasteiger partial charge in [-0.3, -0.25) is 4.79 Å². The van der Waals surface area contributed by atoms with Crippen molar-refractivity contribution in [3.05, 3.63) is 88.4 Å². The third-order valence-corrected chi connectivity index (χ3v) is 5.17. The van der Waals surface area contributed by atoms with Crippen molar-refractivity contribution in [3.63, 3.8) is 0 Å². The molecule has 0 spiro atoms. The van der Waals surface area contributed by atoms with E-state index in [0.717, 1.165) is 16.4 Å². The molecule has 0 saturated heterocycles. The van der Waals surface area contributed by atoms with E-state index in [1.807, 2.05) is 42.5 Å². The zero-order chi connectivity index (χ0) is 16.2. The van der Waals surface area contributed by atoms with E-state index in [0.29, 0.717) is 15.6 Å². The molecule has 3 aromatic carbocycles. The average Bonchev–Trinajstić information content (AvgIpc) is 2.56. The molecule has 0 radical (unpaired) electrons. The molecule has 0 amide bonds. The van der Waals surface area contributed by atoms with Crippen LogP contribution in [0.2, 0.25) is 10.0 Å². The summed E-state index contributed by atoms with van der Waals surface area (Å²) in [4.78, 5) is 12.5. The van der Waals surface area contributed by atoms with Gasteiger partial charge in [-0.2, -0.15) is 0 Å². The van der Waals surface area contributed by atoms with Gasteiger partial charge in [-0.25, -0.2) is 0 Å². The average molecular weight is 367 g/mol. The summed E-state index contributed by atoms with van der Waals surface area (Å²) in [5.41, 5.74) is 2.64. The minimum Gasteiger partial charge on any atom is -1.00 e. The van der Waals surface area contributed by atoms with E-state index in [2.05, 4.69) is 12.1 Å². The van der Waals surface area contributed by atoms with Crippen LogP contribution in [0.3, 0.4) is 0 Å². The Labute approximate surface area is 166 Å². The SMILES string of the molecule is O=C(Pc1ccc(-c2ccccc2)cc1)c1c(Cl)cccc1Cl.[H-].[Li+]. The van der Waals surface area contributed by atoms with E-state index < -0.39 is 0 Å². The molecule has 0 bridgehead atoms. The van der Waals surface area contributed by atoms with Crippen LogP contribution in [0.15, 0.2) is 72.8 Å². The number of carbonyl (C=O) groups is 1. The van der Waals surface area contributed by atoms with Crippen LogP contribution in [0.5, 0.6) is 0 Å². The molecule has 0 fully saturated rings. The van der Waals surface area contributed by atoms with Crippen molar-refractivity contribution in [1.29, 1.82) is 0 Å². The van der Waals surface area contributed by atoms with Gasteiger partial charge in [0.25, 0.3) is 0 Å². The first-order valence-corrected chi connectivity index (χ1v) is 8.81. The molecule has 0 aliphatic heterocycles. The Hall–Kier alpha value is -1.06. The third kappa shape index (κ3) is 4.51. The summed E-state index contributed by atoms with van der Waals surface area (Å²) >= 11 is 12.2. The van der Waals surface area contributed by atoms with Gasteiger partial charge in [0.05, 0.1) is 15.6 Å². The Kier molecular flexibility index (Phi) is 7.12. The van der Waals surface area contributed by atoms with Gasteiger partial charge in [-0.15, -0.1) is 0 Å². The molecule has 0 saturated carbocycles. The third-order valence-electron chi connectivity index (χ3n) is 3.44. The molecule has 0 heterocycles. The summed E-state index contributed by atoms with van der Waals surface area (Å²) < 4.78 is 0. The molecule has 0 aliphatic rings. The molecular weight excluding hydrogens is 353 g/mol. The van der Waals surface area contributed by atoms with Gasteiger partial charge in [0.15, 0.2) is 5.52 Å². The summed E-state index contributed by atoms with van der Waals surface area (Å²) in [7, 11) is -0.00529. The molecule has 5 heteroatoms. The van der Waals surface area contributed by atoms with Crippen molar-refractivity contribution >= 4 is 42.6 Å². The van der Waals surface area contributed by atoms with Crippen LogP contribution in [0, 0.1) is 0 Å². The number of rotatable bonds is 4. The van der Waals surface area contributed by atoms with Gasteiger partial charge >= 0.3 is 18.9 Å². The molecule has 1 unspecified atom stereocenters. The van der Waals surface area contributed by atoms with Crippen LogP contribution in [0.4, 0.5) is 0 Å². The Morgan fingerprint density at radius 1 is 0.750 bits per heavy atom. The zero-order valence-electron chi connectivity index (χ0n) is 14.1. The Morgan fingerprint density at radius 2 is 1.29 bits per heavy atom. The first kappa shape index (κ1) is 19.3. The maximum absolute atomic E-state index is 12.5. The van der Waals surface area contributed by atoms with Crippen molar-refractivity contribution in [2.24, 2.45) is 0 Å². The van der Waals surface area contributed by atoms with E-state index in [1.54, 1.807) is 18.2 Å². The number of benzene rings is 3. The first-order valence-electron chi connectivity index (χ1n) is 7.06. The summed E-state index contributed by atoms with van der Waals surface area (Å²) in [6.45, 7) is 0. The second kappa shape index (κ2) is 8.86. The minimum atomic E-state index is -0.0481. The molecule has 3 aromatic rings. The second-order valence-corrected chi connectivity index (χ2v) is 7.09. The monoisotopic (exact) mass is 366 g/mol. The molecule has 24 heavy (non-hydrogen) atoms. The van der Waals surface area contributed by atoms with Crippen LogP contribution in [-0.2, 0) is 0 Å². The van der Waals surface area contributed by atoms with Crippen LogP contribution in [-0.4, -0.2) is 5.52 Å². The van der Waals surface area contributed by atoms with E-state index in [4.69, 9.17) is 23.2 Å². The first-order chi connectivity index (χ1) is 11.1. The topological polar surface area (TPSA) is 17.1 Å². The van der Waals surface area contributed by atoms with Crippen molar-refractivity contribution in [3.8, 4) is 11.1 Å². The quantitative estimate of drug-likeness (QED) is 0.512. The number of hydrogen-bond acceptors (Lipinski definition) is 1. The molecule has 0 aromatic heterocycles. The van der Waals surface area contributed by atoms with Gasteiger partial charge in [0, 0.05) is 0 Å². The molecule has 0 N–H and O–H groups in total. The predicted octanol–water partition coefficient (Wildman–Crippen LogP) is 2.92. The fourth-order valence-electron chi connectivity index (χ4n) is 2.28. The fourth-order valence-corrected chi connectivity index (χ4v) is 4.00. The normalized spacial score (nSPS) is 10.6. The molecule has 3 rings (SSSR count). The standard InChI is InChI=1S/C19H13Cl2OP.Li.H/c20-16-7-4-8-17(21)18(16)19(22)23-15-11-9-14(10-12-15)13-5-2-1-3-6-13;;/h1-12,23H;;/q;+1;-1. The van der Waals surface area contributed by atoms with Crippen molar-refractivity contribution in [2.45, 2.75) is 0 Å². The Balaban J connectivity index is 0.00000156. The van der Waals surface area contributed by atoms with Crippen molar-refractivity contribution in [2.75, 3.05) is 0 Å². The van der Waals surface area contributed by atoms with Crippen LogP contribution in [0.25, 0.3) is 11.1 Å². The second-order valence-electron chi connectivity index (χ2n) is 4.99. The summed E-state index contributed by atoms with van der Waals surface area (Å²) in [6.07, 6.45) is 0. The number of halogens is 2. The van der Waals surface area contributed by atoms with E-state index in [9.17, 15) is 4.79 Å². The maximum atomic E-state index is 12.5. The van der Waals surface area contributed by atoms with Gasteiger partial charge in [-0.05, 0) is 37.1 Å². The Morgan fingerprint density at radius 3 is 1.88 bits per heavy atom. The van der Waals surface area contributed by atoms with Gasteiger partial charge in [0.2, 0.25) is 0 Å². The van der Waals surface area contributed by atoms with Crippen LogP contribution >= 0.6 is 31.8 Å². The van der Waals surface area contributed by atoms with Gasteiger partial charge in [-0.1, -0.05) is 83.9 Å².